The molecule has 0 spiro atoms. The van der Waals surface area contributed by atoms with Crippen molar-refractivity contribution in [2.45, 2.75) is 18.9 Å². The van der Waals surface area contributed by atoms with E-state index in [1.54, 1.807) is 12.1 Å². The lowest BCUT2D eigenvalue weighted by molar-refractivity contribution is -0.170. The lowest BCUT2D eigenvalue weighted by atomic mass is 10.1. The van der Waals surface area contributed by atoms with Crippen molar-refractivity contribution in [3.63, 3.8) is 0 Å². The molecule has 11 heteroatoms. The van der Waals surface area contributed by atoms with Crippen LogP contribution in [0.4, 0.5) is 23.5 Å². The number of likely N-dealkylation sites (tertiary alicyclic amines) is 1. The molecule has 30 heavy (non-hydrogen) atoms. The molecule has 2 aliphatic heterocycles. The van der Waals surface area contributed by atoms with Crippen LogP contribution in [-0.4, -0.2) is 70.7 Å². The summed E-state index contributed by atoms with van der Waals surface area (Å²) in [6, 6.07) is 4.75. The van der Waals surface area contributed by atoms with Crippen molar-refractivity contribution in [1.29, 1.82) is 0 Å². The number of aromatic nitrogens is 2. The van der Waals surface area contributed by atoms with E-state index in [2.05, 4.69) is 15.1 Å². The van der Waals surface area contributed by atoms with Gasteiger partial charge < -0.3 is 14.8 Å². The Kier molecular flexibility index (Phi) is 5.56. The molecule has 0 saturated carbocycles. The average molecular weight is 425 g/mol. The highest BCUT2D eigenvalue weighted by molar-refractivity contribution is 5.98. The SMILES string of the molecule is OCc1cccc(-c2cnc(N3CC(=NOC4CN(CC(F)(F)F)C4)C3)nc2)c1F. The fourth-order valence-electron chi connectivity index (χ4n) is 3.26. The number of aliphatic hydroxyl groups is 1. The maximum atomic E-state index is 14.3. The number of aliphatic hydroxyl groups excluding tert-OH is 1. The maximum Gasteiger partial charge on any atom is 0.401 e. The van der Waals surface area contributed by atoms with Gasteiger partial charge in [0.2, 0.25) is 5.95 Å². The number of halogens is 4. The predicted molar refractivity (Wildman–Crippen MR) is 100 cm³/mol. The van der Waals surface area contributed by atoms with E-state index in [1.807, 2.05) is 4.90 Å². The first-order chi connectivity index (χ1) is 14.3. The first kappa shape index (κ1) is 20.5. The maximum absolute atomic E-state index is 14.3. The van der Waals surface area contributed by atoms with E-state index in [-0.39, 0.29) is 24.8 Å². The summed E-state index contributed by atoms with van der Waals surface area (Å²) in [4.78, 5) is 16.9. The summed E-state index contributed by atoms with van der Waals surface area (Å²) in [5, 5.41) is 13.2. The fourth-order valence-corrected chi connectivity index (χ4v) is 3.26. The number of hydrogen-bond acceptors (Lipinski definition) is 7. The molecule has 1 N–H and O–H groups in total. The van der Waals surface area contributed by atoms with E-state index >= 15 is 0 Å². The number of nitrogens with zero attached hydrogens (tertiary/aromatic N) is 5. The van der Waals surface area contributed by atoms with Crippen LogP contribution in [0.5, 0.6) is 0 Å². The molecule has 2 fully saturated rings. The van der Waals surface area contributed by atoms with Crippen molar-refractivity contribution in [2.24, 2.45) is 5.16 Å². The second-order valence-corrected chi connectivity index (χ2v) is 7.26. The Morgan fingerprint density at radius 2 is 1.87 bits per heavy atom. The Balaban J connectivity index is 1.27. The monoisotopic (exact) mass is 425 g/mol. The van der Waals surface area contributed by atoms with Crippen LogP contribution in [0.15, 0.2) is 35.7 Å². The number of oxime groups is 1. The minimum absolute atomic E-state index is 0.202. The van der Waals surface area contributed by atoms with Gasteiger partial charge >= 0.3 is 6.18 Å². The van der Waals surface area contributed by atoms with E-state index in [9.17, 15) is 22.7 Å². The zero-order chi connectivity index (χ0) is 21.3. The van der Waals surface area contributed by atoms with Crippen LogP contribution in [0.1, 0.15) is 5.56 Å². The zero-order valence-corrected chi connectivity index (χ0v) is 15.8. The van der Waals surface area contributed by atoms with E-state index in [0.29, 0.717) is 30.2 Å². The van der Waals surface area contributed by atoms with Crippen molar-refractivity contribution in [3.05, 3.63) is 42.0 Å². The molecule has 160 valence electrons. The van der Waals surface area contributed by atoms with E-state index in [0.717, 1.165) is 5.71 Å². The Bertz CT molecular complexity index is 922. The highest BCUT2D eigenvalue weighted by Crippen LogP contribution is 2.26. The van der Waals surface area contributed by atoms with Crippen LogP contribution in [0.2, 0.25) is 0 Å². The molecule has 0 bridgehead atoms. The van der Waals surface area contributed by atoms with Crippen LogP contribution in [0.3, 0.4) is 0 Å². The molecular weight excluding hydrogens is 406 g/mol. The van der Waals surface area contributed by atoms with Gasteiger partial charge in [0.05, 0.1) is 32.0 Å². The Morgan fingerprint density at radius 1 is 1.17 bits per heavy atom. The number of alkyl halides is 3. The number of hydrogen-bond donors (Lipinski definition) is 1. The summed E-state index contributed by atoms with van der Waals surface area (Å²) in [5.74, 6) is -0.0481. The van der Waals surface area contributed by atoms with Gasteiger partial charge in [-0.3, -0.25) is 4.90 Å². The third-order valence-corrected chi connectivity index (χ3v) is 4.89. The molecule has 0 atom stereocenters. The molecule has 2 aromatic rings. The van der Waals surface area contributed by atoms with Crippen molar-refractivity contribution in [3.8, 4) is 11.1 Å². The Morgan fingerprint density at radius 3 is 2.50 bits per heavy atom. The second kappa shape index (κ2) is 8.15. The normalized spacial score (nSPS) is 17.5. The molecule has 3 heterocycles. The van der Waals surface area contributed by atoms with Gasteiger partial charge in [-0.1, -0.05) is 23.4 Å². The Hall–Kier alpha value is -2.79. The molecule has 0 radical (unpaired) electrons. The van der Waals surface area contributed by atoms with Crippen molar-refractivity contribution >= 4 is 11.7 Å². The standard InChI is InChI=1S/C19H19F4N5O2/c20-17-12(10-29)2-1-3-16(17)13-4-24-18(25-5-13)28-6-14(7-28)26-30-15-8-27(9-15)11-19(21,22)23/h1-5,15,29H,6-11H2. The molecule has 2 saturated heterocycles. The minimum Gasteiger partial charge on any atom is -0.392 e. The average Bonchev–Trinajstić information content (AvgIpc) is 2.64. The highest BCUT2D eigenvalue weighted by Gasteiger charge is 2.38. The number of rotatable bonds is 6. The first-order valence-electron chi connectivity index (χ1n) is 9.28. The Labute approximate surface area is 169 Å². The van der Waals surface area contributed by atoms with Gasteiger partial charge in [-0.25, -0.2) is 14.4 Å². The molecule has 0 amide bonds. The van der Waals surface area contributed by atoms with E-state index in [1.165, 1.54) is 23.4 Å². The van der Waals surface area contributed by atoms with Gasteiger partial charge in [-0.15, -0.1) is 0 Å². The highest BCUT2D eigenvalue weighted by atomic mass is 19.4. The molecule has 2 aliphatic rings. The first-order valence-corrected chi connectivity index (χ1v) is 9.28. The molecule has 1 aromatic heterocycles. The van der Waals surface area contributed by atoms with Gasteiger partial charge in [0.25, 0.3) is 0 Å². The summed E-state index contributed by atoms with van der Waals surface area (Å²) in [5.41, 5.74) is 1.76. The molecule has 0 aliphatic carbocycles. The third-order valence-electron chi connectivity index (χ3n) is 4.89. The van der Waals surface area contributed by atoms with Gasteiger partial charge in [0.15, 0.2) is 6.10 Å². The van der Waals surface area contributed by atoms with Crippen molar-refractivity contribution in [2.75, 3.05) is 37.6 Å². The van der Waals surface area contributed by atoms with E-state index < -0.39 is 25.1 Å². The van der Waals surface area contributed by atoms with Crippen LogP contribution >= 0.6 is 0 Å². The lowest BCUT2D eigenvalue weighted by Crippen LogP contribution is -2.55. The summed E-state index contributed by atoms with van der Waals surface area (Å²) in [6.07, 6.45) is -1.50. The van der Waals surface area contributed by atoms with Crippen molar-refractivity contribution in [1.82, 2.24) is 14.9 Å². The molecular formula is C19H19F4N5O2. The van der Waals surface area contributed by atoms with Gasteiger partial charge in [-0.05, 0) is 0 Å². The minimum atomic E-state index is -4.20. The predicted octanol–water partition coefficient (Wildman–Crippen LogP) is 2.21. The topological polar surface area (TPSA) is 74.1 Å². The summed E-state index contributed by atoms with van der Waals surface area (Å²) < 4.78 is 51.1. The molecule has 4 rings (SSSR count). The summed E-state index contributed by atoms with van der Waals surface area (Å²) >= 11 is 0. The van der Waals surface area contributed by atoms with Crippen molar-refractivity contribution < 1.29 is 27.5 Å². The van der Waals surface area contributed by atoms with Gasteiger partial charge in [0, 0.05) is 42.2 Å². The quantitative estimate of drug-likeness (QED) is 0.565. The molecule has 7 nitrogen and oxygen atoms in total. The zero-order valence-electron chi connectivity index (χ0n) is 15.8. The molecule has 1 aromatic carbocycles. The summed E-state index contributed by atoms with van der Waals surface area (Å²) in [7, 11) is 0. The lowest BCUT2D eigenvalue weighted by Gasteiger charge is -2.38. The number of anilines is 1. The van der Waals surface area contributed by atoms with Crippen LogP contribution in [0, 0.1) is 5.82 Å². The van der Waals surface area contributed by atoms with Crippen LogP contribution in [0.25, 0.3) is 11.1 Å². The largest absolute Gasteiger partial charge is 0.401 e. The van der Waals surface area contributed by atoms with Gasteiger partial charge in [-0.2, -0.15) is 13.2 Å². The van der Waals surface area contributed by atoms with E-state index in [4.69, 9.17) is 4.84 Å². The fraction of sp³-hybridized carbons (Fsp3) is 0.421. The van der Waals surface area contributed by atoms with Crippen LogP contribution < -0.4 is 4.90 Å². The second-order valence-electron chi connectivity index (χ2n) is 7.26. The molecule has 0 unspecified atom stereocenters. The third kappa shape index (κ3) is 4.51. The smallest absolute Gasteiger partial charge is 0.392 e. The number of benzene rings is 1. The van der Waals surface area contributed by atoms with Gasteiger partial charge in [0.1, 0.15) is 5.82 Å². The van der Waals surface area contributed by atoms with Crippen LogP contribution in [-0.2, 0) is 11.4 Å². The summed E-state index contributed by atoms with van der Waals surface area (Å²) in [6.45, 7) is -0.00680.